The van der Waals surface area contributed by atoms with Crippen molar-refractivity contribution in [1.29, 1.82) is 0 Å². The van der Waals surface area contributed by atoms with Crippen LogP contribution >= 0.6 is 0 Å². The monoisotopic (exact) mass is 215 g/mol. The Balaban J connectivity index is 3.72. The Morgan fingerprint density at radius 3 is 2.33 bits per heavy atom. The lowest BCUT2D eigenvalue weighted by atomic mass is 9.89. The molecule has 0 heterocycles. The summed E-state index contributed by atoms with van der Waals surface area (Å²) >= 11 is 0. The van der Waals surface area contributed by atoms with Crippen molar-refractivity contribution in [1.82, 2.24) is 5.32 Å². The predicted molar refractivity (Wildman–Crippen MR) is 67.3 cm³/mol. The minimum Gasteiger partial charge on any atom is -0.380 e. The molecular formula is C13H29NO. The molecule has 0 saturated carbocycles. The molecule has 0 rings (SSSR count). The zero-order valence-electron chi connectivity index (χ0n) is 11.2. The summed E-state index contributed by atoms with van der Waals surface area (Å²) in [6.07, 6.45) is 3.57. The fourth-order valence-corrected chi connectivity index (χ4v) is 1.51. The Hall–Kier alpha value is -0.0800. The number of ether oxygens (including phenoxy) is 1. The Morgan fingerprint density at radius 2 is 1.87 bits per heavy atom. The van der Waals surface area contributed by atoms with Crippen LogP contribution in [0.25, 0.3) is 0 Å². The lowest BCUT2D eigenvalue weighted by molar-refractivity contribution is 0.106. The van der Waals surface area contributed by atoms with Crippen LogP contribution in [0, 0.1) is 5.41 Å². The van der Waals surface area contributed by atoms with E-state index >= 15 is 0 Å². The van der Waals surface area contributed by atoms with Crippen molar-refractivity contribution in [2.24, 2.45) is 5.41 Å². The molecule has 0 aliphatic heterocycles. The molecule has 2 nitrogen and oxygen atoms in total. The summed E-state index contributed by atoms with van der Waals surface area (Å²) in [5.74, 6) is 0. The normalized spacial score (nSPS) is 14.2. The van der Waals surface area contributed by atoms with Crippen LogP contribution in [0.15, 0.2) is 0 Å². The van der Waals surface area contributed by atoms with Gasteiger partial charge < -0.3 is 10.1 Å². The van der Waals surface area contributed by atoms with Crippen molar-refractivity contribution in [3.05, 3.63) is 0 Å². The molecule has 0 aromatic rings. The van der Waals surface area contributed by atoms with Crippen LogP contribution in [0.2, 0.25) is 0 Å². The van der Waals surface area contributed by atoms with Crippen LogP contribution in [0.4, 0.5) is 0 Å². The van der Waals surface area contributed by atoms with Crippen LogP contribution in [0.5, 0.6) is 0 Å². The first-order valence-electron chi connectivity index (χ1n) is 6.30. The van der Waals surface area contributed by atoms with Gasteiger partial charge in [0.15, 0.2) is 0 Å². The van der Waals surface area contributed by atoms with Crippen LogP contribution in [0.3, 0.4) is 0 Å². The van der Waals surface area contributed by atoms with E-state index in [4.69, 9.17) is 4.74 Å². The summed E-state index contributed by atoms with van der Waals surface area (Å²) in [6, 6.07) is 0.528. The number of hydrogen-bond donors (Lipinski definition) is 1. The summed E-state index contributed by atoms with van der Waals surface area (Å²) in [7, 11) is 0. The van der Waals surface area contributed by atoms with Gasteiger partial charge in [0.05, 0.1) is 6.61 Å². The second-order valence-corrected chi connectivity index (χ2v) is 5.43. The number of rotatable bonds is 8. The fourth-order valence-electron chi connectivity index (χ4n) is 1.51. The number of likely N-dealkylation sites (N-methyl/N-ethyl adjacent to an activating group) is 1. The van der Waals surface area contributed by atoms with Crippen molar-refractivity contribution >= 4 is 0 Å². The van der Waals surface area contributed by atoms with Gasteiger partial charge in [-0.15, -0.1) is 0 Å². The highest BCUT2D eigenvalue weighted by Gasteiger charge is 2.14. The van der Waals surface area contributed by atoms with Gasteiger partial charge in [-0.05, 0) is 31.2 Å². The van der Waals surface area contributed by atoms with Gasteiger partial charge in [-0.2, -0.15) is 0 Å². The molecular weight excluding hydrogens is 186 g/mol. The number of hydrogen-bond acceptors (Lipinski definition) is 2. The van der Waals surface area contributed by atoms with Crippen molar-refractivity contribution in [2.75, 3.05) is 19.8 Å². The van der Waals surface area contributed by atoms with Crippen molar-refractivity contribution < 1.29 is 4.74 Å². The van der Waals surface area contributed by atoms with E-state index in [1.165, 1.54) is 12.8 Å². The minimum atomic E-state index is 0.429. The lowest BCUT2D eigenvalue weighted by Crippen LogP contribution is -2.34. The average molecular weight is 215 g/mol. The van der Waals surface area contributed by atoms with Gasteiger partial charge in [0.2, 0.25) is 0 Å². The van der Waals surface area contributed by atoms with E-state index in [1.807, 2.05) is 0 Å². The first-order valence-corrected chi connectivity index (χ1v) is 6.30. The maximum absolute atomic E-state index is 5.60. The zero-order valence-corrected chi connectivity index (χ0v) is 11.2. The molecule has 1 N–H and O–H groups in total. The first-order chi connectivity index (χ1) is 6.99. The van der Waals surface area contributed by atoms with Crippen molar-refractivity contribution in [2.45, 2.75) is 59.9 Å². The van der Waals surface area contributed by atoms with E-state index in [2.05, 4.69) is 39.9 Å². The van der Waals surface area contributed by atoms with E-state index < -0.39 is 0 Å². The fraction of sp³-hybridized carbons (Fsp3) is 1.00. The van der Waals surface area contributed by atoms with E-state index in [1.54, 1.807) is 0 Å². The number of nitrogens with one attached hydrogen (secondary N) is 1. The Labute approximate surface area is 95.8 Å². The highest BCUT2D eigenvalue weighted by Crippen LogP contribution is 2.21. The zero-order chi connectivity index (χ0) is 11.7. The van der Waals surface area contributed by atoms with Crippen molar-refractivity contribution in [3.63, 3.8) is 0 Å². The Kier molecular flexibility index (Phi) is 8.07. The van der Waals surface area contributed by atoms with Gasteiger partial charge in [0.25, 0.3) is 0 Å². The van der Waals surface area contributed by atoms with Crippen LogP contribution < -0.4 is 5.32 Å². The quantitative estimate of drug-likeness (QED) is 0.628. The molecule has 0 aliphatic rings. The molecule has 0 radical (unpaired) electrons. The van der Waals surface area contributed by atoms with Gasteiger partial charge in [0.1, 0.15) is 0 Å². The van der Waals surface area contributed by atoms with Crippen LogP contribution in [-0.4, -0.2) is 25.8 Å². The third-order valence-electron chi connectivity index (χ3n) is 2.40. The molecule has 0 saturated heterocycles. The largest absolute Gasteiger partial charge is 0.380 e. The average Bonchev–Trinajstić information content (AvgIpc) is 2.13. The Bertz CT molecular complexity index is 140. The van der Waals surface area contributed by atoms with E-state index in [9.17, 15) is 0 Å². The van der Waals surface area contributed by atoms with Gasteiger partial charge in [-0.25, -0.2) is 0 Å². The molecule has 0 amide bonds. The maximum Gasteiger partial charge on any atom is 0.0619 e. The SMILES string of the molecule is CCCOCC(CCC(C)(C)C)NCC. The van der Waals surface area contributed by atoms with Gasteiger partial charge in [-0.3, -0.25) is 0 Å². The van der Waals surface area contributed by atoms with E-state index in [-0.39, 0.29) is 0 Å². The topological polar surface area (TPSA) is 21.3 Å². The second kappa shape index (κ2) is 8.12. The Morgan fingerprint density at radius 1 is 1.20 bits per heavy atom. The molecule has 15 heavy (non-hydrogen) atoms. The highest BCUT2D eigenvalue weighted by atomic mass is 16.5. The van der Waals surface area contributed by atoms with Crippen LogP contribution in [0.1, 0.15) is 53.9 Å². The molecule has 0 fully saturated rings. The maximum atomic E-state index is 5.60. The standard InChI is InChI=1S/C13H29NO/c1-6-10-15-11-12(14-7-2)8-9-13(3,4)5/h12,14H,6-11H2,1-5H3. The lowest BCUT2D eigenvalue weighted by Gasteiger charge is -2.23. The molecule has 92 valence electrons. The summed E-state index contributed by atoms with van der Waals surface area (Å²) < 4.78 is 5.60. The third-order valence-corrected chi connectivity index (χ3v) is 2.40. The smallest absolute Gasteiger partial charge is 0.0619 e. The van der Waals surface area contributed by atoms with Crippen molar-refractivity contribution in [3.8, 4) is 0 Å². The summed E-state index contributed by atoms with van der Waals surface area (Å²) in [4.78, 5) is 0. The van der Waals surface area contributed by atoms with E-state index in [0.717, 1.165) is 26.2 Å². The summed E-state index contributed by atoms with van der Waals surface area (Å²) in [5, 5.41) is 3.49. The van der Waals surface area contributed by atoms with Gasteiger partial charge >= 0.3 is 0 Å². The van der Waals surface area contributed by atoms with E-state index in [0.29, 0.717) is 11.5 Å². The molecule has 0 aromatic heterocycles. The molecule has 1 atom stereocenters. The molecule has 0 aliphatic carbocycles. The molecule has 0 bridgehead atoms. The van der Waals surface area contributed by atoms with Gasteiger partial charge in [0, 0.05) is 12.6 Å². The molecule has 1 unspecified atom stereocenters. The summed E-state index contributed by atoms with van der Waals surface area (Å²) in [5.41, 5.74) is 0.429. The second-order valence-electron chi connectivity index (χ2n) is 5.43. The third kappa shape index (κ3) is 10.2. The molecule has 2 heteroatoms. The van der Waals surface area contributed by atoms with Crippen LogP contribution in [-0.2, 0) is 4.74 Å². The first kappa shape index (κ1) is 14.9. The van der Waals surface area contributed by atoms with Gasteiger partial charge in [-0.1, -0.05) is 34.6 Å². The molecule has 0 aromatic carbocycles. The highest BCUT2D eigenvalue weighted by molar-refractivity contribution is 4.70. The predicted octanol–water partition coefficient (Wildman–Crippen LogP) is 3.22. The molecule has 0 spiro atoms. The summed E-state index contributed by atoms with van der Waals surface area (Å²) in [6.45, 7) is 14.0. The minimum absolute atomic E-state index is 0.429.